The Kier molecular flexibility index (Phi) is 29.0. The second-order valence-electron chi connectivity index (χ2n) is 17.6. The number of ether oxygens (including phenoxy) is 4. The number of hydrogen-bond donors (Lipinski definition) is 12. The zero-order valence-corrected chi connectivity index (χ0v) is 40.1. The molecule has 0 aliphatic carbocycles. The molecule has 0 aromatic rings. The molecule has 2 bridgehead atoms. The molecule has 3 aliphatic heterocycles. The van der Waals surface area contributed by atoms with E-state index in [1.807, 2.05) is 13.0 Å². The number of carboxylic acid groups (broad SMARTS) is 1. The van der Waals surface area contributed by atoms with Gasteiger partial charge in [-0.3, -0.25) is 9.59 Å². The molecule has 0 amide bonds. The van der Waals surface area contributed by atoms with Gasteiger partial charge in [0.15, 0.2) is 12.1 Å². The van der Waals surface area contributed by atoms with Crippen molar-refractivity contribution in [3.8, 4) is 0 Å². The van der Waals surface area contributed by atoms with E-state index in [0.29, 0.717) is 0 Å². The number of fused-ring (bicyclic) bond motifs is 2. The molecule has 3 rings (SSSR count). The van der Waals surface area contributed by atoms with Gasteiger partial charge in [0.2, 0.25) is 0 Å². The molecule has 18 nitrogen and oxygen atoms in total. The van der Waals surface area contributed by atoms with Crippen LogP contribution in [0.4, 0.5) is 0 Å². The molecule has 2 radical (unpaired) electrons. The summed E-state index contributed by atoms with van der Waals surface area (Å²) in [6.07, 6.45) is 3.55. The van der Waals surface area contributed by atoms with Gasteiger partial charge in [0.25, 0.3) is 0 Å². The van der Waals surface area contributed by atoms with E-state index < -0.39 is 147 Å². The number of carbonyl (C=O) groups is 2. The van der Waals surface area contributed by atoms with Crippen LogP contribution in [-0.4, -0.2) is 166 Å². The van der Waals surface area contributed by atoms with Crippen LogP contribution in [-0.2, 0) is 62.7 Å². The van der Waals surface area contributed by atoms with Gasteiger partial charge in [-0.1, -0.05) is 98.9 Å². The average molecular weight is 1050 g/mol. The first-order valence-corrected chi connectivity index (χ1v) is 22.3. The second kappa shape index (κ2) is 31.0. The molecule has 20 heteroatoms. The number of aliphatic carboxylic acids is 1. The summed E-state index contributed by atoms with van der Waals surface area (Å²) in [7, 11) is 0. The predicted octanol–water partition coefficient (Wildman–Crippen LogP) is 0.707. The molecule has 2 saturated heterocycles. The molecule has 67 heavy (non-hydrogen) atoms. The summed E-state index contributed by atoms with van der Waals surface area (Å²) in [6, 6.07) is -1.14. The maximum absolute atomic E-state index is 12.6. The molecule has 386 valence electrons. The van der Waals surface area contributed by atoms with Crippen molar-refractivity contribution in [2.75, 3.05) is 0 Å². The predicted molar refractivity (Wildman–Crippen MR) is 237 cm³/mol. The number of rotatable bonds is 3. The molecule has 3 aliphatic rings. The Morgan fingerprint density at radius 1 is 0.657 bits per heavy atom. The van der Waals surface area contributed by atoms with Gasteiger partial charge in [-0.05, 0) is 33.1 Å². The van der Waals surface area contributed by atoms with E-state index in [9.17, 15) is 65.8 Å². The van der Waals surface area contributed by atoms with E-state index >= 15 is 0 Å². The van der Waals surface area contributed by atoms with Gasteiger partial charge in [-0.2, -0.15) is 0 Å². The number of nitrogens with two attached hydrogens (primary N) is 1. The summed E-state index contributed by atoms with van der Waals surface area (Å²) in [5.74, 6) is -6.82. The summed E-state index contributed by atoms with van der Waals surface area (Å²) in [6.45, 7) is 6.72. The Morgan fingerprint density at radius 3 is 1.78 bits per heavy atom. The Bertz CT molecular complexity index is 1680. The minimum atomic E-state index is -2.29. The van der Waals surface area contributed by atoms with Crippen LogP contribution in [0.5, 0.6) is 0 Å². The minimum absolute atomic E-state index is 0. The molecule has 19 atom stereocenters. The van der Waals surface area contributed by atoms with Crippen molar-refractivity contribution in [2.24, 2.45) is 23.5 Å². The summed E-state index contributed by atoms with van der Waals surface area (Å²) in [5, 5.41) is 118. The molecular weight excluding hydrogens is 978 g/mol. The molecular formula is C47H73Cu2NO17+4. The maximum Gasteiger partial charge on any atom is 2.00 e. The Morgan fingerprint density at radius 2 is 1.21 bits per heavy atom. The van der Waals surface area contributed by atoms with Crippen molar-refractivity contribution >= 4 is 11.9 Å². The number of aliphatic hydroxyl groups excluding tert-OH is 9. The topological polar surface area (TPSA) is 320 Å². The van der Waals surface area contributed by atoms with Gasteiger partial charge in [0.05, 0.1) is 79.6 Å². The van der Waals surface area contributed by atoms with Crippen LogP contribution in [0, 0.1) is 17.8 Å². The summed E-state index contributed by atoms with van der Waals surface area (Å²) >= 11 is 0. The SMILES string of the molecule is C[C@H]1[C@H](O)[C@@H](C)/C=C/C=C/C=C/C=C/C=C/C=C/C=C/[C@H](O[C@@H]2O[C@H](C)[C@@H](O)[C@H](N)[C@@H]2O)C[C@@H]2O[C@](O)(C[C@@H](O)C[C@@H](O)CC[C@H](O)[C@@H](O)C[C@@H](O)CC(=O)O[C@H]1C)C[C@H](O)[C@H]2C(=O)O.[Cu+2].[Cu+2]. The smallest absolute Gasteiger partial charge is 0.481 e. The number of hydrogen-bond acceptors (Lipinski definition) is 17. The fourth-order valence-corrected chi connectivity index (χ4v) is 7.97. The molecule has 0 aromatic carbocycles. The quantitative estimate of drug-likeness (QED) is 0.137. The van der Waals surface area contributed by atoms with Crippen molar-refractivity contribution in [3.63, 3.8) is 0 Å². The van der Waals surface area contributed by atoms with E-state index in [1.165, 1.54) is 13.0 Å². The van der Waals surface area contributed by atoms with Gasteiger partial charge in [-0.25, -0.2) is 0 Å². The number of carbonyl (C=O) groups excluding carboxylic acids is 1. The summed E-state index contributed by atoms with van der Waals surface area (Å²) in [4.78, 5) is 25.1. The second-order valence-corrected chi connectivity index (χ2v) is 17.6. The number of cyclic esters (lactones) is 1. The van der Waals surface area contributed by atoms with Crippen molar-refractivity contribution in [2.45, 2.75) is 177 Å². The van der Waals surface area contributed by atoms with E-state index in [2.05, 4.69) is 0 Å². The third-order valence-corrected chi connectivity index (χ3v) is 12.0. The van der Waals surface area contributed by atoms with Crippen LogP contribution in [0.15, 0.2) is 85.1 Å². The van der Waals surface area contributed by atoms with Gasteiger partial charge in [-0.15, -0.1) is 0 Å². The fraction of sp³-hybridized carbons (Fsp3) is 0.660. The molecule has 3 heterocycles. The van der Waals surface area contributed by atoms with Gasteiger partial charge >= 0.3 is 46.1 Å². The van der Waals surface area contributed by atoms with Crippen molar-refractivity contribution in [1.82, 2.24) is 0 Å². The fourth-order valence-electron chi connectivity index (χ4n) is 7.97. The van der Waals surface area contributed by atoms with Gasteiger partial charge in [0, 0.05) is 37.5 Å². The Labute approximate surface area is 414 Å². The number of aliphatic hydroxyl groups is 10. The zero-order valence-electron chi connectivity index (χ0n) is 38.2. The van der Waals surface area contributed by atoms with E-state index in [-0.39, 0.29) is 65.7 Å². The van der Waals surface area contributed by atoms with Crippen molar-refractivity contribution in [3.05, 3.63) is 85.1 Å². The first kappa shape index (κ1) is 62.6. The first-order valence-electron chi connectivity index (χ1n) is 22.3. The number of allylic oxidation sites excluding steroid dienone is 12. The molecule has 13 N–H and O–H groups in total. The minimum Gasteiger partial charge on any atom is -0.481 e. The molecule has 0 spiro atoms. The van der Waals surface area contributed by atoms with E-state index in [0.717, 1.165) is 0 Å². The van der Waals surface area contributed by atoms with Crippen LogP contribution in [0.25, 0.3) is 0 Å². The largest absolute Gasteiger partial charge is 2.00 e. The summed E-state index contributed by atoms with van der Waals surface area (Å²) < 4.78 is 23.1. The third-order valence-electron chi connectivity index (χ3n) is 12.0. The first-order chi connectivity index (χ1) is 30.6. The summed E-state index contributed by atoms with van der Waals surface area (Å²) in [5.41, 5.74) is 6.02. The van der Waals surface area contributed by atoms with Crippen molar-refractivity contribution < 1.29 is 119 Å². The number of esters is 1. The van der Waals surface area contributed by atoms with Crippen LogP contribution in [0.3, 0.4) is 0 Å². The monoisotopic (exact) mass is 1050 g/mol. The van der Waals surface area contributed by atoms with Crippen LogP contribution < -0.4 is 5.73 Å². The zero-order chi connectivity index (χ0) is 48.4. The molecule has 2 fully saturated rings. The molecule has 0 aromatic heterocycles. The molecule has 0 unspecified atom stereocenters. The Hall–Kier alpha value is -2.40. The van der Waals surface area contributed by atoms with E-state index in [4.69, 9.17) is 24.7 Å². The van der Waals surface area contributed by atoms with Gasteiger partial charge < -0.3 is 80.9 Å². The maximum atomic E-state index is 12.6. The number of carboxylic acids is 1. The standard InChI is InChI=1S/C47H73NO17.2Cu/c1-27-17-15-13-11-9-7-5-6-8-10-12-14-16-18-34(64-46-44(58)41(48)43(57)30(4)63-46)24-38-40(45(59)60)37(54)26-47(61,65-38)25-33(51)21-31(49)19-20-35(52)36(53)22-32(50)23-39(55)62-29(3)28(2)42(27)56;;/h5-18,27-38,40-44,46,49-54,56-58,61H,19-26,48H2,1-4H3,(H,59,60);;/q;2*+2/b6-5+,9-7+,10-8+,13-11+,14-12+,17-15+,18-16+;;/t27-,28+,29-,30+,31-,32+,33-,34-,35-,36-,37-,38-,40+,41-,42+,43+,44-,46-,47+;;/m0../s1. The normalized spacial score (nSPS) is 44.1. The van der Waals surface area contributed by atoms with Crippen LogP contribution in [0.1, 0.15) is 79.1 Å². The van der Waals surface area contributed by atoms with Crippen molar-refractivity contribution in [1.29, 1.82) is 0 Å². The Balaban J connectivity index is 0.0000112. The third kappa shape index (κ3) is 21.2. The van der Waals surface area contributed by atoms with Gasteiger partial charge in [0.1, 0.15) is 18.1 Å². The molecule has 0 saturated carbocycles. The average Bonchev–Trinajstić information content (AvgIpc) is 3.21. The van der Waals surface area contributed by atoms with Crippen LogP contribution >= 0.6 is 0 Å². The van der Waals surface area contributed by atoms with E-state index in [1.54, 1.807) is 86.8 Å². The van der Waals surface area contributed by atoms with Crippen LogP contribution in [0.2, 0.25) is 0 Å².